The van der Waals surface area contributed by atoms with Crippen LogP contribution in [0.2, 0.25) is 0 Å². The summed E-state index contributed by atoms with van der Waals surface area (Å²) >= 11 is 0. The average Bonchev–Trinajstić information content (AvgIpc) is 3.37. The maximum atomic E-state index is 12.7. The Kier molecular flexibility index (Phi) is 6.01. The zero-order valence-corrected chi connectivity index (χ0v) is 15.6. The normalized spacial score (nSPS) is 13.1. The van der Waals surface area contributed by atoms with Crippen LogP contribution in [-0.4, -0.2) is 43.5 Å². The van der Waals surface area contributed by atoms with E-state index in [0.29, 0.717) is 6.54 Å². The first-order chi connectivity index (χ1) is 13.1. The van der Waals surface area contributed by atoms with Crippen LogP contribution in [0, 0.1) is 0 Å². The summed E-state index contributed by atoms with van der Waals surface area (Å²) in [6, 6.07) is 9.04. The molecule has 1 fully saturated rings. The van der Waals surface area contributed by atoms with Crippen LogP contribution >= 0.6 is 0 Å². The molecule has 1 aliphatic rings. The minimum atomic E-state index is -0.319. The number of rotatable bonds is 9. The highest BCUT2D eigenvalue weighted by Crippen LogP contribution is 2.32. The maximum absolute atomic E-state index is 12.7. The Bertz CT molecular complexity index is 784. The van der Waals surface area contributed by atoms with Crippen molar-refractivity contribution in [2.75, 3.05) is 20.8 Å². The van der Waals surface area contributed by atoms with Crippen molar-refractivity contribution in [1.29, 1.82) is 0 Å². The van der Waals surface area contributed by atoms with Crippen LogP contribution in [0.3, 0.4) is 0 Å². The van der Waals surface area contributed by atoms with E-state index in [2.05, 4.69) is 5.32 Å². The summed E-state index contributed by atoms with van der Waals surface area (Å²) in [6.45, 7) is 0.715. The predicted molar refractivity (Wildman–Crippen MR) is 98.8 cm³/mol. The summed E-state index contributed by atoms with van der Waals surface area (Å²) in [6.07, 6.45) is 3.67. The van der Waals surface area contributed by atoms with Crippen LogP contribution in [0.25, 0.3) is 0 Å². The number of amides is 2. The molecule has 1 saturated carbocycles. The van der Waals surface area contributed by atoms with Crippen LogP contribution < -0.4 is 14.8 Å². The highest BCUT2D eigenvalue weighted by molar-refractivity contribution is 5.91. The number of hydrogen-bond acceptors (Lipinski definition) is 5. The summed E-state index contributed by atoms with van der Waals surface area (Å²) in [5.41, 5.74) is 0.900. The Morgan fingerprint density at radius 3 is 2.67 bits per heavy atom. The average molecular weight is 372 g/mol. The Balaban J connectivity index is 1.60. The van der Waals surface area contributed by atoms with Gasteiger partial charge in [-0.15, -0.1) is 0 Å². The van der Waals surface area contributed by atoms with Crippen LogP contribution in [0.1, 0.15) is 35.4 Å². The third kappa shape index (κ3) is 4.81. The minimum absolute atomic E-state index is 0.00196. The van der Waals surface area contributed by atoms with Crippen molar-refractivity contribution in [2.24, 2.45) is 0 Å². The van der Waals surface area contributed by atoms with E-state index in [1.165, 1.54) is 6.26 Å². The fourth-order valence-electron chi connectivity index (χ4n) is 2.92. The van der Waals surface area contributed by atoms with E-state index >= 15 is 0 Å². The van der Waals surface area contributed by atoms with Gasteiger partial charge in [-0.25, -0.2) is 0 Å². The highest BCUT2D eigenvalue weighted by Gasteiger charge is 2.32. The molecule has 0 bridgehead atoms. The van der Waals surface area contributed by atoms with Gasteiger partial charge in [0.05, 0.1) is 20.5 Å². The van der Waals surface area contributed by atoms with Crippen molar-refractivity contribution in [3.63, 3.8) is 0 Å². The molecule has 7 heteroatoms. The second kappa shape index (κ2) is 8.62. The number of benzene rings is 1. The van der Waals surface area contributed by atoms with Crippen LogP contribution in [0.5, 0.6) is 11.5 Å². The van der Waals surface area contributed by atoms with E-state index in [0.717, 1.165) is 29.9 Å². The fraction of sp³-hybridized carbons (Fsp3) is 0.400. The summed E-state index contributed by atoms with van der Waals surface area (Å²) < 4.78 is 15.7. The Hall–Kier alpha value is -2.96. The van der Waals surface area contributed by atoms with Gasteiger partial charge in [-0.1, -0.05) is 0 Å². The number of ether oxygens (including phenoxy) is 2. The quantitative estimate of drug-likeness (QED) is 0.732. The molecule has 27 heavy (non-hydrogen) atoms. The van der Waals surface area contributed by atoms with Crippen molar-refractivity contribution < 1.29 is 23.5 Å². The lowest BCUT2D eigenvalue weighted by molar-refractivity contribution is -0.132. The number of nitrogens with zero attached hydrogens (tertiary/aromatic N) is 1. The van der Waals surface area contributed by atoms with Gasteiger partial charge in [0, 0.05) is 31.1 Å². The molecule has 0 radical (unpaired) electrons. The van der Waals surface area contributed by atoms with Crippen molar-refractivity contribution in [3.8, 4) is 11.5 Å². The molecular formula is C20H24N2O5. The molecule has 0 unspecified atom stereocenters. The number of nitrogens with one attached hydrogen (secondary N) is 1. The smallest absolute Gasteiger partial charge is 0.286 e. The van der Waals surface area contributed by atoms with Gasteiger partial charge in [-0.3, -0.25) is 9.59 Å². The monoisotopic (exact) mass is 372 g/mol. The number of furan rings is 1. The number of methoxy groups -OCH3 is 2. The van der Waals surface area contributed by atoms with Gasteiger partial charge < -0.3 is 24.1 Å². The second-order valence-electron chi connectivity index (χ2n) is 6.41. The molecule has 2 amide bonds. The molecule has 1 aliphatic carbocycles. The molecule has 0 spiro atoms. The third-order valence-corrected chi connectivity index (χ3v) is 4.51. The summed E-state index contributed by atoms with van der Waals surface area (Å²) in [5.74, 6) is 1.37. The van der Waals surface area contributed by atoms with Gasteiger partial charge in [-0.05, 0) is 43.2 Å². The van der Waals surface area contributed by atoms with Crippen molar-refractivity contribution in [3.05, 3.63) is 47.9 Å². The lowest BCUT2D eigenvalue weighted by Crippen LogP contribution is -2.35. The number of carbonyl (C=O) groups excluding carboxylic acids is 2. The minimum Gasteiger partial charge on any atom is -0.497 e. The molecule has 1 N–H and O–H groups in total. The lowest BCUT2D eigenvalue weighted by Gasteiger charge is -2.24. The molecule has 1 aromatic carbocycles. The predicted octanol–water partition coefficient (Wildman–Crippen LogP) is 2.61. The van der Waals surface area contributed by atoms with E-state index in [9.17, 15) is 9.59 Å². The molecule has 0 aliphatic heterocycles. The molecular weight excluding hydrogens is 348 g/mol. The molecule has 0 atom stereocenters. The second-order valence-corrected chi connectivity index (χ2v) is 6.41. The largest absolute Gasteiger partial charge is 0.497 e. The molecule has 144 valence electrons. The van der Waals surface area contributed by atoms with Gasteiger partial charge in [0.25, 0.3) is 5.91 Å². The van der Waals surface area contributed by atoms with Gasteiger partial charge in [0.15, 0.2) is 5.76 Å². The van der Waals surface area contributed by atoms with Crippen LogP contribution in [0.15, 0.2) is 41.0 Å². The standard InChI is InChI=1S/C20H24N2O5/c1-25-16-7-8-17(26-2)14(12-16)13-22(15-5-6-15)19(23)9-10-21-20(24)18-4-3-11-27-18/h3-4,7-8,11-12,15H,5-6,9-10,13H2,1-2H3,(H,21,24). The molecule has 1 heterocycles. The Morgan fingerprint density at radius 1 is 1.22 bits per heavy atom. The SMILES string of the molecule is COc1ccc(OC)c(CN(C(=O)CCNC(=O)c2ccco2)C2CC2)c1. The molecule has 7 nitrogen and oxygen atoms in total. The van der Waals surface area contributed by atoms with Gasteiger partial charge in [0.2, 0.25) is 5.91 Å². The maximum Gasteiger partial charge on any atom is 0.286 e. The first kappa shape index (κ1) is 18.8. The first-order valence-corrected chi connectivity index (χ1v) is 8.94. The molecule has 2 aromatic rings. The van der Waals surface area contributed by atoms with E-state index in [-0.39, 0.29) is 36.6 Å². The van der Waals surface area contributed by atoms with E-state index in [1.807, 2.05) is 23.1 Å². The van der Waals surface area contributed by atoms with Crippen LogP contribution in [0.4, 0.5) is 0 Å². The fourth-order valence-corrected chi connectivity index (χ4v) is 2.92. The zero-order valence-electron chi connectivity index (χ0n) is 15.6. The van der Waals surface area contributed by atoms with Crippen molar-refractivity contribution in [2.45, 2.75) is 31.8 Å². The van der Waals surface area contributed by atoms with Crippen molar-refractivity contribution >= 4 is 11.8 Å². The number of carbonyl (C=O) groups is 2. The Labute approximate surface area is 158 Å². The topological polar surface area (TPSA) is 81.0 Å². The van der Waals surface area contributed by atoms with Gasteiger partial charge in [0.1, 0.15) is 11.5 Å². The van der Waals surface area contributed by atoms with Gasteiger partial charge >= 0.3 is 0 Å². The molecule has 3 rings (SSSR count). The third-order valence-electron chi connectivity index (χ3n) is 4.51. The molecule has 0 saturated heterocycles. The zero-order chi connectivity index (χ0) is 19.2. The van der Waals surface area contributed by atoms with E-state index in [4.69, 9.17) is 13.9 Å². The van der Waals surface area contributed by atoms with E-state index in [1.54, 1.807) is 26.4 Å². The molecule has 1 aromatic heterocycles. The van der Waals surface area contributed by atoms with E-state index < -0.39 is 0 Å². The summed E-state index contributed by atoms with van der Waals surface area (Å²) in [5, 5.41) is 2.71. The van der Waals surface area contributed by atoms with Gasteiger partial charge in [-0.2, -0.15) is 0 Å². The Morgan fingerprint density at radius 2 is 2.04 bits per heavy atom. The highest BCUT2D eigenvalue weighted by atomic mass is 16.5. The van der Waals surface area contributed by atoms with Crippen molar-refractivity contribution in [1.82, 2.24) is 10.2 Å². The van der Waals surface area contributed by atoms with Crippen LogP contribution in [-0.2, 0) is 11.3 Å². The summed E-state index contributed by atoms with van der Waals surface area (Å²) in [4.78, 5) is 26.5. The number of hydrogen-bond donors (Lipinski definition) is 1. The summed E-state index contributed by atoms with van der Waals surface area (Å²) in [7, 11) is 3.22. The first-order valence-electron chi connectivity index (χ1n) is 8.94. The lowest BCUT2D eigenvalue weighted by atomic mass is 10.1.